The molecule has 0 radical (unpaired) electrons. The van der Waals surface area contributed by atoms with Crippen LogP contribution in [-0.4, -0.2) is 56.6 Å². The molecule has 0 spiro atoms. The maximum Gasteiger partial charge on any atom is 0.0409 e. The zero-order valence-electron chi connectivity index (χ0n) is 11.9. The number of halogens is 1. The van der Waals surface area contributed by atoms with E-state index in [1.165, 1.54) is 31.7 Å². The standard InChI is InChI=1S/C15H24ClN3/c1-17-15(13-4-3-5-14(16)12-13)6-7-19-10-8-18(2)9-11-19/h3-5,12,15,17H,6-11H2,1-2H3. The van der Waals surface area contributed by atoms with Gasteiger partial charge >= 0.3 is 0 Å². The second-order valence-electron chi connectivity index (χ2n) is 5.33. The second kappa shape index (κ2) is 7.25. The molecule has 106 valence electrons. The number of benzene rings is 1. The van der Waals surface area contributed by atoms with Gasteiger partial charge in [-0.25, -0.2) is 0 Å². The molecule has 1 fully saturated rings. The quantitative estimate of drug-likeness (QED) is 0.893. The number of hydrogen-bond donors (Lipinski definition) is 1. The fraction of sp³-hybridized carbons (Fsp3) is 0.600. The van der Waals surface area contributed by atoms with Crippen LogP contribution in [0.15, 0.2) is 24.3 Å². The van der Waals surface area contributed by atoms with Crippen molar-refractivity contribution in [3.63, 3.8) is 0 Å². The van der Waals surface area contributed by atoms with Crippen molar-refractivity contribution in [3.8, 4) is 0 Å². The minimum absolute atomic E-state index is 0.387. The van der Waals surface area contributed by atoms with Crippen LogP contribution in [-0.2, 0) is 0 Å². The molecule has 1 saturated heterocycles. The number of nitrogens with one attached hydrogen (secondary N) is 1. The molecule has 0 bridgehead atoms. The molecule has 0 amide bonds. The Hall–Kier alpha value is -0.610. The molecule has 1 aromatic carbocycles. The first-order chi connectivity index (χ1) is 9.19. The van der Waals surface area contributed by atoms with E-state index in [-0.39, 0.29) is 0 Å². The third-order valence-electron chi connectivity index (χ3n) is 3.93. The molecule has 1 aliphatic heterocycles. The minimum Gasteiger partial charge on any atom is -0.313 e. The smallest absolute Gasteiger partial charge is 0.0409 e. The molecule has 0 aliphatic carbocycles. The molecular formula is C15H24ClN3. The van der Waals surface area contributed by atoms with E-state index in [0.29, 0.717) is 6.04 Å². The van der Waals surface area contributed by atoms with Crippen molar-refractivity contribution in [3.05, 3.63) is 34.9 Å². The summed E-state index contributed by atoms with van der Waals surface area (Å²) in [6.45, 7) is 5.87. The number of nitrogens with zero attached hydrogens (tertiary/aromatic N) is 2. The van der Waals surface area contributed by atoms with Gasteiger partial charge in [0.2, 0.25) is 0 Å². The second-order valence-corrected chi connectivity index (χ2v) is 5.77. The molecule has 4 heteroatoms. The van der Waals surface area contributed by atoms with Crippen LogP contribution >= 0.6 is 11.6 Å². The van der Waals surface area contributed by atoms with Crippen LogP contribution in [0.25, 0.3) is 0 Å². The summed E-state index contributed by atoms with van der Waals surface area (Å²) in [6.07, 6.45) is 1.13. The third kappa shape index (κ3) is 4.46. The Morgan fingerprint density at radius 2 is 2.00 bits per heavy atom. The average molecular weight is 282 g/mol. The van der Waals surface area contributed by atoms with E-state index >= 15 is 0 Å². The lowest BCUT2D eigenvalue weighted by atomic mass is 10.0. The van der Waals surface area contributed by atoms with Gasteiger partial charge in [-0.15, -0.1) is 0 Å². The van der Waals surface area contributed by atoms with Gasteiger partial charge in [0.25, 0.3) is 0 Å². The first-order valence-corrected chi connectivity index (χ1v) is 7.40. The highest BCUT2D eigenvalue weighted by Crippen LogP contribution is 2.20. The van der Waals surface area contributed by atoms with Crippen LogP contribution in [0.1, 0.15) is 18.0 Å². The molecule has 1 unspecified atom stereocenters. The van der Waals surface area contributed by atoms with Gasteiger partial charge in [0.1, 0.15) is 0 Å². The van der Waals surface area contributed by atoms with Gasteiger partial charge in [0.05, 0.1) is 0 Å². The highest BCUT2D eigenvalue weighted by Gasteiger charge is 2.16. The molecule has 1 aliphatic rings. The Labute approximate surface area is 121 Å². The molecule has 0 aromatic heterocycles. The highest BCUT2D eigenvalue weighted by molar-refractivity contribution is 6.30. The van der Waals surface area contributed by atoms with Crippen molar-refractivity contribution in [1.29, 1.82) is 0 Å². The van der Waals surface area contributed by atoms with Gasteiger partial charge in [-0.05, 0) is 38.2 Å². The summed E-state index contributed by atoms with van der Waals surface area (Å²) in [6, 6.07) is 8.55. The van der Waals surface area contributed by atoms with E-state index in [1.807, 2.05) is 19.2 Å². The topological polar surface area (TPSA) is 18.5 Å². The first-order valence-electron chi connectivity index (χ1n) is 7.02. The lowest BCUT2D eigenvalue weighted by Gasteiger charge is -2.33. The average Bonchev–Trinajstić information content (AvgIpc) is 2.42. The van der Waals surface area contributed by atoms with Crippen LogP contribution in [0.5, 0.6) is 0 Å². The highest BCUT2D eigenvalue weighted by atomic mass is 35.5. The Morgan fingerprint density at radius 1 is 1.26 bits per heavy atom. The fourth-order valence-corrected chi connectivity index (χ4v) is 2.78. The Balaban J connectivity index is 1.86. The monoisotopic (exact) mass is 281 g/mol. The van der Waals surface area contributed by atoms with E-state index in [4.69, 9.17) is 11.6 Å². The molecular weight excluding hydrogens is 258 g/mol. The summed E-state index contributed by atoms with van der Waals surface area (Å²) in [7, 11) is 4.22. The van der Waals surface area contributed by atoms with Gasteiger partial charge in [0, 0.05) is 43.8 Å². The number of rotatable bonds is 5. The predicted octanol–water partition coefficient (Wildman–Crippen LogP) is 2.24. The van der Waals surface area contributed by atoms with Crippen molar-refractivity contribution >= 4 is 11.6 Å². The number of likely N-dealkylation sites (N-methyl/N-ethyl adjacent to an activating group) is 1. The SMILES string of the molecule is CNC(CCN1CCN(C)CC1)c1cccc(Cl)c1. The normalized spacial score (nSPS) is 19.5. The van der Waals surface area contributed by atoms with Crippen molar-refractivity contribution in [1.82, 2.24) is 15.1 Å². The molecule has 1 N–H and O–H groups in total. The van der Waals surface area contributed by atoms with E-state index in [0.717, 1.165) is 18.0 Å². The summed E-state index contributed by atoms with van der Waals surface area (Å²) in [5.41, 5.74) is 1.28. The predicted molar refractivity (Wildman–Crippen MR) is 81.8 cm³/mol. The summed E-state index contributed by atoms with van der Waals surface area (Å²) in [4.78, 5) is 4.94. The molecule has 3 nitrogen and oxygen atoms in total. The summed E-state index contributed by atoms with van der Waals surface area (Å²) < 4.78 is 0. The molecule has 2 rings (SSSR count). The van der Waals surface area contributed by atoms with E-state index in [1.54, 1.807) is 0 Å². The van der Waals surface area contributed by atoms with Crippen LogP contribution in [0.4, 0.5) is 0 Å². The fourth-order valence-electron chi connectivity index (χ4n) is 2.58. The van der Waals surface area contributed by atoms with Crippen molar-refractivity contribution in [2.24, 2.45) is 0 Å². The van der Waals surface area contributed by atoms with Crippen molar-refractivity contribution in [2.45, 2.75) is 12.5 Å². The lowest BCUT2D eigenvalue weighted by molar-refractivity contribution is 0.149. The molecule has 1 atom stereocenters. The van der Waals surface area contributed by atoms with Crippen molar-refractivity contribution in [2.75, 3.05) is 46.8 Å². The summed E-state index contributed by atoms with van der Waals surface area (Å²) >= 11 is 6.07. The Morgan fingerprint density at radius 3 is 2.63 bits per heavy atom. The van der Waals surface area contributed by atoms with Crippen LogP contribution in [0.3, 0.4) is 0 Å². The number of piperazine rings is 1. The van der Waals surface area contributed by atoms with Gasteiger partial charge in [-0.3, -0.25) is 0 Å². The molecule has 1 aromatic rings. The zero-order chi connectivity index (χ0) is 13.7. The molecule has 19 heavy (non-hydrogen) atoms. The Kier molecular flexibility index (Phi) is 5.64. The molecule has 0 saturated carbocycles. The zero-order valence-corrected chi connectivity index (χ0v) is 12.7. The van der Waals surface area contributed by atoms with Crippen LogP contribution in [0.2, 0.25) is 5.02 Å². The largest absolute Gasteiger partial charge is 0.313 e. The minimum atomic E-state index is 0.387. The third-order valence-corrected chi connectivity index (χ3v) is 4.16. The Bertz CT molecular complexity index is 389. The lowest BCUT2D eigenvalue weighted by Crippen LogP contribution is -2.45. The van der Waals surface area contributed by atoms with Crippen LogP contribution < -0.4 is 5.32 Å². The van der Waals surface area contributed by atoms with Gasteiger partial charge in [0.15, 0.2) is 0 Å². The number of hydrogen-bond acceptors (Lipinski definition) is 3. The maximum absolute atomic E-state index is 6.07. The van der Waals surface area contributed by atoms with E-state index in [2.05, 4.69) is 34.3 Å². The van der Waals surface area contributed by atoms with E-state index < -0.39 is 0 Å². The van der Waals surface area contributed by atoms with Crippen molar-refractivity contribution < 1.29 is 0 Å². The summed E-state index contributed by atoms with van der Waals surface area (Å²) in [5.74, 6) is 0. The van der Waals surface area contributed by atoms with E-state index in [9.17, 15) is 0 Å². The summed E-state index contributed by atoms with van der Waals surface area (Å²) in [5, 5.41) is 4.22. The van der Waals surface area contributed by atoms with Gasteiger partial charge < -0.3 is 15.1 Å². The van der Waals surface area contributed by atoms with Gasteiger partial charge in [-0.1, -0.05) is 23.7 Å². The van der Waals surface area contributed by atoms with Gasteiger partial charge in [-0.2, -0.15) is 0 Å². The molecule has 1 heterocycles. The van der Waals surface area contributed by atoms with Crippen LogP contribution in [0, 0.1) is 0 Å². The first kappa shape index (κ1) is 14.8. The maximum atomic E-state index is 6.07.